The fraction of sp³-hybridized carbons (Fsp3) is 0.118. The summed E-state index contributed by atoms with van der Waals surface area (Å²) < 4.78 is 52.9. The summed E-state index contributed by atoms with van der Waals surface area (Å²) in [5, 5.41) is 3.05. The van der Waals surface area contributed by atoms with Gasteiger partial charge in [0, 0.05) is 5.69 Å². The van der Waals surface area contributed by atoms with E-state index in [0.29, 0.717) is 5.69 Å². The molecule has 2 aromatic carbocycles. The van der Waals surface area contributed by atoms with E-state index < -0.39 is 17.7 Å². The van der Waals surface area contributed by atoms with Crippen molar-refractivity contribution in [1.29, 1.82) is 0 Å². The van der Waals surface area contributed by atoms with E-state index in [4.69, 9.17) is 0 Å². The molecule has 0 bridgehead atoms. The van der Waals surface area contributed by atoms with Gasteiger partial charge >= 0.3 is 6.18 Å². The summed E-state index contributed by atoms with van der Waals surface area (Å²) in [4.78, 5) is 3.66. The van der Waals surface area contributed by atoms with E-state index in [1.165, 1.54) is 12.1 Å². The lowest BCUT2D eigenvalue weighted by Gasteiger charge is -2.06. The van der Waals surface area contributed by atoms with Crippen molar-refractivity contribution in [2.45, 2.75) is 13.1 Å². The van der Waals surface area contributed by atoms with Crippen molar-refractivity contribution in [3.63, 3.8) is 0 Å². The molecule has 0 unspecified atom stereocenters. The van der Waals surface area contributed by atoms with E-state index in [-0.39, 0.29) is 15.6 Å². The topological polar surface area (TPSA) is 24.9 Å². The third-order valence-electron chi connectivity index (χ3n) is 3.39. The molecule has 0 saturated carbocycles. The van der Waals surface area contributed by atoms with Crippen molar-refractivity contribution >= 4 is 22.2 Å². The molecule has 0 aliphatic carbocycles. The minimum atomic E-state index is -4.59. The number of nitrogens with one attached hydrogen (secondary N) is 1. The highest BCUT2D eigenvalue weighted by Gasteiger charge is 2.38. The molecular weight excluding hydrogens is 340 g/mol. The lowest BCUT2D eigenvalue weighted by molar-refractivity contribution is -0.140. The molecule has 24 heavy (non-hydrogen) atoms. The van der Waals surface area contributed by atoms with Crippen molar-refractivity contribution < 1.29 is 17.6 Å². The Bertz CT molecular complexity index is 854. The van der Waals surface area contributed by atoms with Crippen molar-refractivity contribution in [2.75, 3.05) is 5.32 Å². The number of halogens is 4. The Kier molecular flexibility index (Phi) is 4.28. The van der Waals surface area contributed by atoms with E-state index in [1.54, 1.807) is 12.1 Å². The van der Waals surface area contributed by atoms with Crippen LogP contribution in [0.5, 0.6) is 0 Å². The summed E-state index contributed by atoms with van der Waals surface area (Å²) in [5.41, 5.74) is 0.879. The van der Waals surface area contributed by atoms with E-state index in [1.807, 2.05) is 19.1 Å². The predicted octanol–water partition coefficient (Wildman–Crippen LogP) is 6.02. The summed E-state index contributed by atoms with van der Waals surface area (Å²) in [7, 11) is 0. The van der Waals surface area contributed by atoms with Gasteiger partial charge in [0.05, 0.1) is 4.88 Å². The van der Waals surface area contributed by atoms with Crippen LogP contribution in [0, 0.1) is 12.7 Å². The molecule has 1 N–H and O–H groups in total. The van der Waals surface area contributed by atoms with Crippen LogP contribution in [0.1, 0.15) is 11.3 Å². The van der Waals surface area contributed by atoms with Crippen LogP contribution < -0.4 is 5.32 Å². The number of para-hydroxylation sites is 1. The number of aromatic nitrogens is 1. The summed E-state index contributed by atoms with van der Waals surface area (Å²) in [6.07, 6.45) is -4.59. The summed E-state index contributed by atoms with van der Waals surface area (Å²) in [6.45, 7) is 1.85. The number of thiazole rings is 1. The van der Waals surface area contributed by atoms with Crippen LogP contribution in [0.3, 0.4) is 0 Å². The first kappa shape index (κ1) is 16.4. The molecule has 0 aliphatic heterocycles. The van der Waals surface area contributed by atoms with Gasteiger partial charge in [0.2, 0.25) is 0 Å². The van der Waals surface area contributed by atoms with Crippen molar-refractivity contribution in [3.05, 3.63) is 65.6 Å². The van der Waals surface area contributed by atoms with Crippen LogP contribution in [0.4, 0.5) is 28.4 Å². The summed E-state index contributed by atoms with van der Waals surface area (Å²) >= 11 is 0.884. The number of anilines is 2. The van der Waals surface area contributed by atoms with Gasteiger partial charge in [-0.25, -0.2) is 9.37 Å². The van der Waals surface area contributed by atoms with Gasteiger partial charge in [-0.1, -0.05) is 41.7 Å². The number of hydrogen-bond acceptors (Lipinski definition) is 3. The first-order valence-corrected chi connectivity index (χ1v) is 7.83. The lowest BCUT2D eigenvalue weighted by atomic mass is 10.1. The van der Waals surface area contributed by atoms with Crippen molar-refractivity contribution in [2.24, 2.45) is 0 Å². The number of rotatable bonds is 3. The monoisotopic (exact) mass is 352 g/mol. The first-order chi connectivity index (χ1) is 11.3. The Balaban J connectivity index is 2.04. The maximum atomic E-state index is 13.3. The molecule has 1 aromatic heterocycles. The standard InChI is InChI=1S/C17H12F4N2S/c1-10-4-2-3-5-13(10)22-16-23-15(17(19,20)21)14(24-16)11-6-8-12(18)9-7-11/h2-9H,1H3,(H,22,23). The Morgan fingerprint density at radius 2 is 1.67 bits per heavy atom. The van der Waals surface area contributed by atoms with Gasteiger partial charge in [-0.15, -0.1) is 0 Å². The second kappa shape index (κ2) is 6.24. The zero-order valence-electron chi connectivity index (χ0n) is 12.5. The van der Waals surface area contributed by atoms with Gasteiger partial charge in [-0.3, -0.25) is 0 Å². The molecule has 124 valence electrons. The molecule has 0 saturated heterocycles. The number of aryl methyl sites for hydroxylation is 1. The van der Waals surface area contributed by atoms with Crippen LogP contribution in [0.2, 0.25) is 0 Å². The second-order valence-corrected chi connectivity index (χ2v) is 6.14. The Hall–Kier alpha value is -2.41. The fourth-order valence-corrected chi connectivity index (χ4v) is 3.19. The average Bonchev–Trinajstić information content (AvgIpc) is 2.94. The van der Waals surface area contributed by atoms with Crippen LogP contribution in [0.15, 0.2) is 48.5 Å². The molecule has 2 nitrogen and oxygen atoms in total. The lowest BCUT2D eigenvalue weighted by Crippen LogP contribution is -2.07. The minimum absolute atomic E-state index is 0.0430. The van der Waals surface area contributed by atoms with E-state index in [2.05, 4.69) is 10.3 Å². The van der Waals surface area contributed by atoms with Crippen LogP contribution in [-0.4, -0.2) is 4.98 Å². The summed E-state index contributed by atoms with van der Waals surface area (Å²) in [5.74, 6) is -0.505. The molecule has 0 aliphatic rings. The molecular formula is C17H12F4N2S. The zero-order chi connectivity index (χ0) is 17.3. The van der Waals surface area contributed by atoms with Gasteiger partial charge < -0.3 is 5.32 Å². The van der Waals surface area contributed by atoms with Crippen LogP contribution in [0.25, 0.3) is 10.4 Å². The third kappa shape index (κ3) is 3.41. The summed E-state index contributed by atoms with van der Waals surface area (Å²) in [6, 6.07) is 12.1. The molecule has 0 spiro atoms. The Morgan fingerprint density at radius 3 is 2.29 bits per heavy atom. The quantitative estimate of drug-likeness (QED) is 0.583. The predicted molar refractivity (Wildman–Crippen MR) is 87.0 cm³/mol. The maximum absolute atomic E-state index is 13.3. The first-order valence-electron chi connectivity index (χ1n) is 7.01. The molecule has 3 rings (SSSR count). The molecule has 7 heteroatoms. The van der Waals surface area contributed by atoms with Gasteiger partial charge in [0.15, 0.2) is 10.8 Å². The SMILES string of the molecule is Cc1ccccc1Nc1nc(C(F)(F)F)c(-c2ccc(F)cc2)s1. The highest BCUT2D eigenvalue weighted by Crippen LogP contribution is 2.42. The van der Waals surface area contributed by atoms with Crippen molar-refractivity contribution in [1.82, 2.24) is 4.98 Å². The van der Waals surface area contributed by atoms with Gasteiger partial charge in [0.1, 0.15) is 5.82 Å². The molecule has 1 heterocycles. The van der Waals surface area contributed by atoms with E-state index >= 15 is 0 Å². The fourth-order valence-electron chi connectivity index (χ4n) is 2.19. The normalized spacial score (nSPS) is 11.5. The minimum Gasteiger partial charge on any atom is -0.331 e. The maximum Gasteiger partial charge on any atom is 0.434 e. The average molecular weight is 352 g/mol. The van der Waals surface area contributed by atoms with Crippen molar-refractivity contribution in [3.8, 4) is 10.4 Å². The Labute approximate surface area is 139 Å². The molecule has 0 fully saturated rings. The zero-order valence-corrected chi connectivity index (χ0v) is 13.3. The van der Waals surface area contributed by atoms with E-state index in [9.17, 15) is 17.6 Å². The molecule has 0 atom stereocenters. The van der Waals surface area contributed by atoms with Crippen LogP contribution in [-0.2, 0) is 6.18 Å². The number of hydrogen-bond donors (Lipinski definition) is 1. The third-order valence-corrected chi connectivity index (χ3v) is 4.41. The van der Waals surface area contributed by atoms with Gasteiger partial charge in [-0.05, 0) is 36.2 Å². The highest BCUT2D eigenvalue weighted by molar-refractivity contribution is 7.19. The molecule has 0 amide bonds. The second-order valence-electron chi connectivity index (χ2n) is 5.14. The van der Waals surface area contributed by atoms with Gasteiger partial charge in [0.25, 0.3) is 0 Å². The number of benzene rings is 2. The number of alkyl halides is 3. The van der Waals surface area contributed by atoms with Crippen LogP contribution >= 0.6 is 11.3 Å². The Morgan fingerprint density at radius 1 is 1.00 bits per heavy atom. The largest absolute Gasteiger partial charge is 0.434 e. The number of nitrogens with zero attached hydrogens (tertiary/aromatic N) is 1. The molecule has 3 aromatic rings. The molecule has 0 radical (unpaired) electrons. The van der Waals surface area contributed by atoms with E-state index in [0.717, 1.165) is 29.0 Å². The highest BCUT2D eigenvalue weighted by atomic mass is 32.1. The van der Waals surface area contributed by atoms with Gasteiger partial charge in [-0.2, -0.15) is 13.2 Å². The smallest absolute Gasteiger partial charge is 0.331 e.